The molecule has 0 bridgehead atoms. The normalized spacial score (nSPS) is 13.9. The van der Waals surface area contributed by atoms with Crippen LogP contribution in [0.2, 0.25) is 0 Å². The van der Waals surface area contributed by atoms with E-state index in [0.29, 0.717) is 36.6 Å². The average Bonchev–Trinajstić information content (AvgIpc) is 3.50. The first kappa shape index (κ1) is 30.4. The quantitative estimate of drug-likeness (QED) is 0.267. The first-order chi connectivity index (χ1) is 21.2. The molecule has 0 saturated carbocycles. The number of hydrogen-bond acceptors (Lipinski definition) is 10. The van der Waals surface area contributed by atoms with E-state index in [0.717, 1.165) is 39.2 Å². The van der Waals surface area contributed by atoms with Gasteiger partial charge in [0.15, 0.2) is 17.2 Å². The fourth-order valence-electron chi connectivity index (χ4n) is 5.61. The lowest BCUT2D eigenvalue weighted by Crippen LogP contribution is -2.44. The molecule has 4 N–H and O–H groups in total. The van der Waals surface area contributed by atoms with Crippen molar-refractivity contribution < 1.29 is 23.8 Å². The molecule has 3 heterocycles. The number of carbonyl (C=O) groups is 2. The number of nitrogens with zero attached hydrogens (tertiary/aromatic N) is 3. The van der Waals surface area contributed by atoms with Crippen molar-refractivity contribution in [3.63, 3.8) is 0 Å². The maximum Gasteiger partial charge on any atom is 0.357 e. The zero-order chi connectivity index (χ0) is 31.5. The van der Waals surface area contributed by atoms with Gasteiger partial charge < -0.3 is 19.5 Å². The standard InChI is InChI=1S/C31H37N7O6/c1-7-44-24-14-20-8-10-37-22(21(20)15-23(24)42-5)16-25(33-26-18(3)12-17(2)13-19(26)4)38(31(37)41)11-9-32-29(39)27-28(30(40)43-6)35-36-34-27/h12-16,34-36H,7-11H2,1-6H3,(H,32,39). The average molecular weight is 604 g/mol. The summed E-state index contributed by atoms with van der Waals surface area (Å²) in [5.74, 6) is -0.00363. The summed E-state index contributed by atoms with van der Waals surface area (Å²) in [4.78, 5) is 44.0. The Labute approximate surface area is 254 Å². The Balaban J connectivity index is 1.59. The molecule has 2 aromatic carbocycles. The van der Waals surface area contributed by atoms with Gasteiger partial charge >= 0.3 is 11.7 Å². The first-order valence-electron chi connectivity index (χ1n) is 14.4. The number of methoxy groups -OCH3 is 2. The van der Waals surface area contributed by atoms with Crippen LogP contribution in [0.15, 0.2) is 51.5 Å². The summed E-state index contributed by atoms with van der Waals surface area (Å²) >= 11 is 0. The number of fused-ring (bicyclic) bond motifs is 3. The number of hydrazine groups is 2. The van der Waals surface area contributed by atoms with Gasteiger partial charge in [-0.1, -0.05) is 17.7 Å². The van der Waals surface area contributed by atoms with Gasteiger partial charge in [-0.2, -0.15) is 0 Å². The molecule has 0 aliphatic carbocycles. The van der Waals surface area contributed by atoms with Gasteiger partial charge in [-0.25, -0.2) is 14.6 Å². The van der Waals surface area contributed by atoms with Crippen molar-refractivity contribution in [2.75, 3.05) is 27.4 Å². The van der Waals surface area contributed by atoms with Gasteiger partial charge in [0, 0.05) is 31.3 Å². The highest BCUT2D eigenvalue weighted by molar-refractivity contribution is 6.02. The van der Waals surface area contributed by atoms with Gasteiger partial charge in [0.1, 0.15) is 11.2 Å². The minimum absolute atomic E-state index is 0.0168. The number of nitrogens with one attached hydrogen (secondary N) is 4. The smallest absolute Gasteiger partial charge is 0.357 e. The van der Waals surface area contributed by atoms with Crippen LogP contribution in [0.1, 0.15) is 29.2 Å². The highest BCUT2D eigenvalue weighted by atomic mass is 16.5. The van der Waals surface area contributed by atoms with Crippen molar-refractivity contribution in [1.82, 2.24) is 30.8 Å². The van der Waals surface area contributed by atoms with Crippen LogP contribution in [-0.2, 0) is 33.8 Å². The number of benzene rings is 2. The predicted molar refractivity (Wildman–Crippen MR) is 163 cm³/mol. The van der Waals surface area contributed by atoms with Crippen LogP contribution in [0.3, 0.4) is 0 Å². The third-order valence-electron chi connectivity index (χ3n) is 7.59. The molecule has 5 rings (SSSR count). The van der Waals surface area contributed by atoms with Gasteiger partial charge in [-0.3, -0.25) is 24.8 Å². The lowest BCUT2D eigenvalue weighted by molar-refractivity contribution is -0.136. The largest absolute Gasteiger partial charge is 0.493 e. The number of hydrogen-bond donors (Lipinski definition) is 4. The Bertz CT molecular complexity index is 1780. The second-order valence-corrected chi connectivity index (χ2v) is 10.5. The molecule has 0 radical (unpaired) electrons. The molecule has 0 fully saturated rings. The molecule has 232 valence electrons. The molecule has 13 heteroatoms. The van der Waals surface area contributed by atoms with Crippen molar-refractivity contribution in [2.24, 2.45) is 4.99 Å². The fraction of sp³-hybridized carbons (Fsp3) is 0.355. The topological polar surface area (TPSA) is 149 Å². The van der Waals surface area contributed by atoms with Crippen molar-refractivity contribution in [3.8, 4) is 22.8 Å². The van der Waals surface area contributed by atoms with Gasteiger partial charge in [0.25, 0.3) is 5.91 Å². The number of ether oxygens (including phenoxy) is 3. The van der Waals surface area contributed by atoms with E-state index >= 15 is 0 Å². The zero-order valence-corrected chi connectivity index (χ0v) is 25.7. The van der Waals surface area contributed by atoms with Crippen LogP contribution in [0.4, 0.5) is 5.69 Å². The molecule has 13 nitrogen and oxygen atoms in total. The minimum atomic E-state index is -0.704. The molecule has 0 saturated heterocycles. The van der Waals surface area contributed by atoms with E-state index in [9.17, 15) is 14.4 Å². The van der Waals surface area contributed by atoms with Gasteiger partial charge in [-0.05, 0) is 62.9 Å². The Kier molecular flexibility index (Phi) is 8.76. The van der Waals surface area contributed by atoms with Gasteiger partial charge in [0.2, 0.25) is 0 Å². The predicted octanol–water partition coefficient (Wildman–Crippen LogP) is 1.55. The molecule has 2 aliphatic rings. The second-order valence-electron chi connectivity index (χ2n) is 10.5. The summed E-state index contributed by atoms with van der Waals surface area (Å²) in [6.45, 7) is 9.13. The molecule has 0 atom stereocenters. The summed E-state index contributed by atoms with van der Waals surface area (Å²) in [5.41, 5.74) is 14.3. The molecule has 1 aromatic heterocycles. The monoisotopic (exact) mass is 603 g/mol. The van der Waals surface area contributed by atoms with E-state index in [1.165, 1.54) is 7.11 Å². The maximum absolute atomic E-state index is 14.1. The van der Waals surface area contributed by atoms with E-state index in [1.807, 2.05) is 45.9 Å². The minimum Gasteiger partial charge on any atom is -0.493 e. The molecule has 0 spiro atoms. The Morgan fingerprint density at radius 2 is 1.73 bits per heavy atom. The Morgan fingerprint density at radius 3 is 2.41 bits per heavy atom. The Hall–Kier alpha value is -5.04. The van der Waals surface area contributed by atoms with E-state index in [2.05, 4.69) is 33.8 Å². The molecule has 2 aliphatic heterocycles. The van der Waals surface area contributed by atoms with Crippen LogP contribution >= 0.6 is 0 Å². The fourth-order valence-corrected chi connectivity index (χ4v) is 5.61. The highest BCUT2D eigenvalue weighted by Crippen LogP contribution is 2.37. The number of aromatic nitrogens is 2. The number of esters is 1. The summed E-state index contributed by atoms with van der Waals surface area (Å²) in [7, 11) is 2.81. The number of aryl methyl sites for hydroxylation is 4. The van der Waals surface area contributed by atoms with E-state index < -0.39 is 11.9 Å². The van der Waals surface area contributed by atoms with Crippen LogP contribution in [0, 0.1) is 20.8 Å². The zero-order valence-electron chi connectivity index (χ0n) is 25.7. The van der Waals surface area contributed by atoms with Gasteiger partial charge in [0.05, 0.1) is 32.2 Å². The number of amides is 1. The highest BCUT2D eigenvalue weighted by Gasteiger charge is 2.27. The number of carbonyl (C=O) groups excluding carboxylic acids is 2. The van der Waals surface area contributed by atoms with Crippen molar-refractivity contribution in [2.45, 2.75) is 47.2 Å². The van der Waals surface area contributed by atoms with Crippen molar-refractivity contribution >= 4 is 17.6 Å². The molecule has 3 aromatic rings. The SMILES string of the molecule is CCOc1cc2c(cc1OC)-c1cc(=Nc3c(C)cc(C)cc3C)n(CCNC(=O)C3=C(C(=O)OC)NNN3)c(=O)n1CC2. The summed E-state index contributed by atoms with van der Waals surface area (Å²) < 4.78 is 19.4. The van der Waals surface area contributed by atoms with Crippen LogP contribution < -0.4 is 42.4 Å². The third kappa shape index (κ3) is 5.78. The summed E-state index contributed by atoms with van der Waals surface area (Å²) in [6, 6.07) is 9.90. The first-order valence-corrected chi connectivity index (χ1v) is 14.4. The van der Waals surface area contributed by atoms with E-state index in [1.54, 1.807) is 16.2 Å². The second kappa shape index (κ2) is 12.7. The lowest BCUT2D eigenvalue weighted by atomic mass is 9.97. The van der Waals surface area contributed by atoms with Crippen LogP contribution in [0.5, 0.6) is 11.5 Å². The molecule has 0 unspecified atom stereocenters. The summed E-state index contributed by atoms with van der Waals surface area (Å²) in [5, 5.41) is 2.77. The van der Waals surface area contributed by atoms with E-state index in [-0.39, 0.29) is 30.2 Å². The Morgan fingerprint density at radius 1 is 1.00 bits per heavy atom. The summed E-state index contributed by atoms with van der Waals surface area (Å²) in [6.07, 6.45) is 0.631. The molecule has 44 heavy (non-hydrogen) atoms. The van der Waals surface area contributed by atoms with Crippen molar-refractivity contribution in [1.29, 1.82) is 0 Å². The van der Waals surface area contributed by atoms with E-state index in [4.69, 9.17) is 19.2 Å². The molecule has 1 amide bonds. The number of rotatable bonds is 9. The van der Waals surface area contributed by atoms with Gasteiger partial charge in [-0.15, -0.1) is 5.53 Å². The third-order valence-corrected chi connectivity index (χ3v) is 7.59. The molecular formula is C31H37N7O6. The lowest BCUT2D eigenvalue weighted by Gasteiger charge is -2.25. The van der Waals surface area contributed by atoms with Crippen LogP contribution in [0.25, 0.3) is 11.3 Å². The van der Waals surface area contributed by atoms with Crippen LogP contribution in [-0.4, -0.2) is 48.4 Å². The van der Waals surface area contributed by atoms with Crippen molar-refractivity contribution in [3.05, 3.63) is 80.0 Å². The molecular weight excluding hydrogens is 566 g/mol. The maximum atomic E-state index is 14.1.